The minimum absolute atomic E-state index is 0.0602. The Labute approximate surface area is 118 Å². The first kappa shape index (κ1) is 15.8. The number of nitrogens with one attached hydrogen (secondary N) is 1. The summed E-state index contributed by atoms with van der Waals surface area (Å²) in [6, 6.07) is 4.71. The van der Waals surface area contributed by atoms with Gasteiger partial charge in [-0.15, -0.1) is 0 Å². The van der Waals surface area contributed by atoms with E-state index in [0.717, 1.165) is 0 Å². The molecule has 0 aromatic heterocycles. The van der Waals surface area contributed by atoms with E-state index in [9.17, 15) is 9.59 Å². The zero-order valence-corrected chi connectivity index (χ0v) is 11.8. The number of aromatic carboxylic acids is 1. The van der Waals surface area contributed by atoms with Crippen LogP contribution in [0.5, 0.6) is 0 Å². The van der Waals surface area contributed by atoms with Crippen LogP contribution in [0.2, 0.25) is 0 Å². The van der Waals surface area contributed by atoms with Gasteiger partial charge >= 0.3 is 5.97 Å². The first-order chi connectivity index (χ1) is 9.49. The number of hydrogen-bond donors (Lipinski definition) is 3. The molecular formula is C14H21N3O3. The fourth-order valence-corrected chi connectivity index (χ4v) is 1.90. The number of rotatable bonds is 7. The summed E-state index contributed by atoms with van der Waals surface area (Å²) >= 11 is 0. The van der Waals surface area contributed by atoms with Crippen molar-refractivity contribution in [2.75, 3.05) is 30.7 Å². The van der Waals surface area contributed by atoms with E-state index >= 15 is 0 Å². The third-order valence-corrected chi connectivity index (χ3v) is 3.07. The van der Waals surface area contributed by atoms with Gasteiger partial charge in [0.05, 0.1) is 5.56 Å². The number of carbonyl (C=O) groups excluding carboxylic acids is 1. The van der Waals surface area contributed by atoms with Crippen molar-refractivity contribution in [2.24, 2.45) is 0 Å². The standard InChI is InChI=1S/C14H21N3O3/c1-3-17(4-2)13(18)7-8-16-10-5-6-12(15)11(9-10)14(19)20/h5-6,9,16H,3-4,7-8,15H2,1-2H3,(H,19,20). The second-order valence-corrected chi connectivity index (χ2v) is 4.35. The van der Waals surface area contributed by atoms with Gasteiger partial charge in [-0.05, 0) is 32.0 Å². The summed E-state index contributed by atoms with van der Waals surface area (Å²) in [6.07, 6.45) is 0.370. The molecule has 1 amide bonds. The lowest BCUT2D eigenvalue weighted by molar-refractivity contribution is -0.130. The molecule has 0 heterocycles. The lowest BCUT2D eigenvalue weighted by Gasteiger charge is -2.18. The number of benzene rings is 1. The van der Waals surface area contributed by atoms with E-state index in [1.807, 2.05) is 13.8 Å². The molecule has 1 rings (SSSR count). The lowest BCUT2D eigenvalue weighted by atomic mass is 10.1. The third kappa shape index (κ3) is 4.15. The largest absolute Gasteiger partial charge is 0.478 e. The van der Waals surface area contributed by atoms with Crippen LogP contribution < -0.4 is 11.1 Å². The molecule has 6 heteroatoms. The highest BCUT2D eigenvalue weighted by molar-refractivity contribution is 5.94. The number of hydrogen-bond acceptors (Lipinski definition) is 4. The minimum Gasteiger partial charge on any atom is -0.478 e. The first-order valence-corrected chi connectivity index (χ1v) is 6.64. The summed E-state index contributed by atoms with van der Waals surface area (Å²) in [4.78, 5) is 24.5. The van der Waals surface area contributed by atoms with Crippen molar-refractivity contribution < 1.29 is 14.7 Å². The van der Waals surface area contributed by atoms with E-state index in [2.05, 4.69) is 5.32 Å². The van der Waals surface area contributed by atoms with E-state index in [1.54, 1.807) is 11.0 Å². The zero-order valence-electron chi connectivity index (χ0n) is 11.8. The normalized spacial score (nSPS) is 10.1. The fraction of sp³-hybridized carbons (Fsp3) is 0.429. The van der Waals surface area contributed by atoms with Gasteiger partial charge in [0.15, 0.2) is 0 Å². The molecule has 1 aromatic rings. The predicted octanol–water partition coefficient (Wildman–Crippen LogP) is 1.64. The van der Waals surface area contributed by atoms with Gasteiger partial charge in [0.2, 0.25) is 5.91 Å². The molecule has 0 bridgehead atoms. The Morgan fingerprint density at radius 2 is 1.95 bits per heavy atom. The molecule has 20 heavy (non-hydrogen) atoms. The summed E-state index contributed by atoms with van der Waals surface area (Å²) in [7, 11) is 0. The maximum absolute atomic E-state index is 11.8. The molecular weight excluding hydrogens is 258 g/mol. The number of amides is 1. The second kappa shape index (κ2) is 7.37. The van der Waals surface area contributed by atoms with Crippen molar-refractivity contribution in [3.63, 3.8) is 0 Å². The van der Waals surface area contributed by atoms with E-state index < -0.39 is 5.97 Å². The number of anilines is 2. The quantitative estimate of drug-likeness (QED) is 0.659. The summed E-state index contributed by atoms with van der Waals surface area (Å²) in [6.45, 7) is 5.72. The van der Waals surface area contributed by atoms with Gasteiger partial charge in [0.25, 0.3) is 0 Å². The number of nitrogen functional groups attached to an aromatic ring is 1. The molecule has 1 aromatic carbocycles. The van der Waals surface area contributed by atoms with Gasteiger partial charge in [-0.2, -0.15) is 0 Å². The van der Waals surface area contributed by atoms with Crippen molar-refractivity contribution >= 4 is 23.3 Å². The Hall–Kier alpha value is -2.24. The van der Waals surface area contributed by atoms with E-state index in [0.29, 0.717) is 31.7 Å². The highest BCUT2D eigenvalue weighted by Crippen LogP contribution is 2.17. The van der Waals surface area contributed by atoms with Crippen LogP contribution in [0.1, 0.15) is 30.6 Å². The Kier molecular flexibility index (Phi) is 5.83. The molecule has 0 aliphatic rings. The molecule has 4 N–H and O–H groups in total. The molecule has 0 spiro atoms. The van der Waals surface area contributed by atoms with E-state index in [-0.39, 0.29) is 17.2 Å². The van der Waals surface area contributed by atoms with E-state index in [4.69, 9.17) is 10.8 Å². The van der Waals surface area contributed by atoms with Crippen LogP contribution in [0, 0.1) is 0 Å². The van der Waals surface area contributed by atoms with Gasteiger partial charge in [-0.25, -0.2) is 4.79 Å². The molecule has 0 fully saturated rings. The highest BCUT2D eigenvalue weighted by atomic mass is 16.4. The molecule has 0 aliphatic carbocycles. The topological polar surface area (TPSA) is 95.7 Å². The lowest BCUT2D eigenvalue weighted by Crippen LogP contribution is -2.31. The Balaban J connectivity index is 2.56. The average molecular weight is 279 g/mol. The zero-order chi connectivity index (χ0) is 15.1. The number of nitrogens with two attached hydrogens (primary N) is 1. The Morgan fingerprint density at radius 3 is 2.50 bits per heavy atom. The minimum atomic E-state index is -1.06. The maximum Gasteiger partial charge on any atom is 0.337 e. The van der Waals surface area contributed by atoms with Crippen molar-refractivity contribution in [3.05, 3.63) is 23.8 Å². The smallest absolute Gasteiger partial charge is 0.337 e. The van der Waals surface area contributed by atoms with Crippen molar-refractivity contribution in [1.82, 2.24) is 4.90 Å². The SMILES string of the molecule is CCN(CC)C(=O)CCNc1ccc(N)c(C(=O)O)c1. The number of carbonyl (C=O) groups is 2. The molecule has 0 saturated heterocycles. The van der Waals surface area contributed by atoms with Gasteiger partial charge < -0.3 is 21.1 Å². The van der Waals surface area contributed by atoms with Gasteiger partial charge in [0.1, 0.15) is 0 Å². The summed E-state index contributed by atoms with van der Waals surface area (Å²) in [5, 5.41) is 12.0. The van der Waals surface area contributed by atoms with Crippen molar-refractivity contribution in [1.29, 1.82) is 0 Å². The summed E-state index contributed by atoms with van der Waals surface area (Å²) in [5.74, 6) is -0.984. The number of carboxylic acid groups (broad SMARTS) is 1. The molecule has 0 aliphatic heterocycles. The maximum atomic E-state index is 11.8. The predicted molar refractivity (Wildman–Crippen MR) is 78.8 cm³/mol. The number of carboxylic acids is 1. The number of nitrogens with zero attached hydrogens (tertiary/aromatic N) is 1. The fourth-order valence-electron chi connectivity index (χ4n) is 1.90. The van der Waals surface area contributed by atoms with Crippen molar-refractivity contribution in [3.8, 4) is 0 Å². The third-order valence-electron chi connectivity index (χ3n) is 3.07. The van der Waals surface area contributed by atoms with Gasteiger partial charge in [-0.1, -0.05) is 0 Å². The van der Waals surface area contributed by atoms with Crippen LogP contribution in [0.3, 0.4) is 0 Å². The summed E-state index contributed by atoms with van der Waals surface area (Å²) < 4.78 is 0. The van der Waals surface area contributed by atoms with Crippen LogP contribution in [-0.2, 0) is 4.79 Å². The van der Waals surface area contributed by atoms with Gasteiger partial charge in [0, 0.05) is 37.4 Å². The van der Waals surface area contributed by atoms with Gasteiger partial charge in [-0.3, -0.25) is 4.79 Å². The molecule has 0 radical (unpaired) electrons. The van der Waals surface area contributed by atoms with Crippen LogP contribution in [0.25, 0.3) is 0 Å². The van der Waals surface area contributed by atoms with Crippen LogP contribution in [0.4, 0.5) is 11.4 Å². The molecule has 6 nitrogen and oxygen atoms in total. The van der Waals surface area contributed by atoms with Crippen LogP contribution >= 0.6 is 0 Å². The second-order valence-electron chi connectivity index (χ2n) is 4.35. The molecule has 0 unspecified atom stereocenters. The van der Waals surface area contributed by atoms with Crippen molar-refractivity contribution in [2.45, 2.75) is 20.3 Å². The van der Waals surface area contributed by atoms with Crippen LogP contribution in [0.15, 0.2) is 18.2 Å². The Morgan fingerprint density at radius 1 is 1.30 bits per heavy atom. The average Bonchev–Trinajstić information content (AvgIpc) is 2.41. The summed E-state index contributed by atoms with van der Waals surface area (Å²) in [5.41, 5.74) is 6.50. The first-order valence-electron chi connectivity index (χ1n) is 6.64. The highest BCUT2D eigenvalue weighted by Gasteiger charge is 2.10. The molecule has 0 atom stereocenters. The molecule has 0 saturated carbocycles. The Bertz CT molecular complexity index is 485. The molecule has 110 valence electrons. The monoisotopic (exact) mass is 279 g/mol. The van der Waals surface area contributed by atoms with Crippen LogP contribution in [-0.4, -0.2) is 41.5 Å². The van der Waals surface area contributed by atoms with E-state index in [1.165, 1.54) is 12.1 Å².